The summed E-state index contributed by atoms with van der Waals surface area (Å²) < 4.78 is 61.8. The van der Waals surface area contributed by atoms with E-state index < -0.39 is 18.0 Å². The molecule has 1 saturated heterocycles. The molecular weight excluding hydrogens is 529 g/mol. The SMILES string of the molecule is O=C(C1=C[C@H](c2ccc(C(F)(F)F)cc2)C[C@H](OCCCCO)O1)N1CCN(Cc2ccc3c(c2)OCO3)CC1. The van der Waals surface area contributed by atoms with Crippen LogP contribution < -0.4 is 9.47 Å². The number of nitrogens with zero attached hydrogens (tertiary/aromatic N) is 2. The van der Waals surface area contributed by atoms with Crippen molar-refractivity contribution in [2.75, 3.05) is 46.2 Å². The Bertz CT molecular complexity index is 1200. The highest BCUT2D eigenvalue weighted by Gasteiger charge is 2.34. The van der Waals surface area contributed by atoms with Crippen LogP contribution in [0.15, 0.2) is 54.3 Å². The minimum absolute atomic E-state index is 0.0490. The van der Waals surface area contributed by atoms with Crippen molar-refractivity contribution in [1.82, 2.24) is 9.80 Å². The molecule has 0 aliphatic carbocycles. The van der Waals surface area contributed by atoms with Crippen LogP contribution in [0.3, 0.4) is 0 Å². The number of aliphatic hydroxyl groups excluding tert-OH is 1. The van der Waals surface area contributed by atoms with E-state index in [9.17, 15) is 18.0 Å². The second-order valence-corrected chi connectivity index (χ2v) is 10.1. The first-order valence-corrected chi connectivity index (χ1v) is 13.5. The maximum atomic E-state index is 13.5. The molecular formula is C29H33F3N2O6. The standard InChI is InChI=1S/C29H33F3N2O6/c30-29(31,32)23-6-4-21(5-7-23)22-16-26(40-27(17-22)37-14-2-1-13-35)28(36)34-11-9-33(10-12-34)18-20-3-8-24-25(15-20)39-19-38-24/h3-8,15-16,22,27,35H,1-2,9-14,17-19H2/t22-,27+/m0/s1. The number of ether oxygens (including phenoxy) is 4. The molecule has 0 bridgehead atoms. The van der Waals surface area contributed by atoms with Gasteiger partial charge in [0.15, 0.2) is 17.3 Å². The fraction of sp³-hybridized carbons (Fsp3) is 0.483. The van der Waals surface area contributed by atoms with Gasteiger partial charge in [-0.3, -0.25) is 9.69 Å². The highest BCUT2D eigenvalue weighted by atomic mass is 19.4. The number of fused-ring (bicyclic) bond motifs is 1. The summed E-state index contributed by atoms with van der Waals surface area (Å²) >= 11 is 0. The van der Waals surface area contributed by atoms with Crippen molar-refractivity contribution >= 4 is 5.91 Å². The van der Waals surface area contributed by atoms with E-state index in [4.69, 9.17) is 24.1 Å². The Morgan fingerprint density at radius 1 is 1.00 bits per heavy atom. The molecule has 3 heterocycles. The fourth-order valence-corrected chi connectivity index (χ4v) is 5.05. The number of benzene rings is 2. The van der Waals surface area contributed by atoms with Gasteiger partial charge in [-0.1, -0.05) is 18.2 Å². The van der Waals surface area contributed by atoms with E-state index in [1.807, 2.05) is 18.2 Å². The molecule has 1 amide bonds. The minimum atomic E-state index is -4.42. The van der Waals surface area contributed by atoms with Gasteiger partial charge in [-0.05, 0) is 54.3 Å². The second-order valence-electron chi connectivity index (χ2n) is 10.1. The third-order valence-electron chi connectivity index (χ3n) is 7.29. The molecule has 5 rings (SSSR count). The molecule has 2 aromatic carbocycles. The second kappa shape index (κ2) is 12.5. The van der Waals surface area contributed by atoms with Crippen LogP contribution >= 0.6 is 0 Å². The van der Waals surface area contributed by atoms with Crippen molar-refractivity contribution in [2.45, 2.75) is 44.2 Å². The number of halogens is 3. The van der Waals surface area contributed by atoms with E-state index in [-0.39, 0.29) is 31.0 Å². The average molecular weight is 563 g/mol. The number of allylic oxidation sites excluding steroid dienone is 1. The maximum absolute atomic E-state index is 13.5. The Kier molecular flexibility index (Phi) is 8.82. The lowest BCUT2D eigenvalue weighted by Gasteiger charge is -2.36. The van der Waals surface area contributed by atoms with Crippen LogP contribution in [0, 0.1) is 0 Å². The molecule has 216 valence electrons. The first-order valence-electron chi connectivity index (χ1n) is 13.5. The highest BCUT2D eigenvalue weighted by molar-refractivity contribution is 5.92. The number of carbonyl (C=O) groups excluding carboxylic acids is 1. The van der Waals surface area contributed by atoms with Gasteiger partial charge in [0, 0.05) is 51.7 Å². The van der Waals surface area contributed by atoms with Crippen LogP contribution in [0.2, 0.25) is 0 Å². The fourth-order valence-electron chi connectivity index (χ4n) is 5.05. The summed E-state index contributed by atoms with van der Waals surface area (Å²) in [6, 6.07) is 10.9. The van der Waals surface area contributed by atoms with E-state index in [0.717, 1.165) is 35.7 Å². The molecule has 0 aromatic heterocycles. The molecule has 2 atom stereocenters. The molecule has 1 N–H and O–H groups in total. The molecule has 40 heavy (non-hydrogen) atoms. The van der Waals surface area contributed by atoms with Crippen molar-refractivity contribution in [3.05, 3.63) is 71.0 Å². The summed E-state index contributed by atoms with van der Waals surface area (Å²) in [5.41, 5.74) is 1.03. The maximum Gasteiger partial charge on any atom is 0.416 e. The van der Waals surface area contributed by atoms with Gasteiger partial charge < -0.3 is 29.0 Å². The molecule has 8 nitrogen and oxygen atoms in total. The van der Waals surface area contributed by atoms with Crippen LogP contribution in [-0.4, -0.2) is 73.3 Å². The monoisotopic (exact) mass is 562 g/mol. The quantitative estimate of drug-likeness (QED) is 0.457. The third kappa shape index (κ3) is 6.89. The van der Waals surface area contributed by atoms with Crippen molar-refractivity contribution in [2.24, 2.45) is 0 Å². The van der Waals surface area contributed by atoms with Crippen LogP contribution in [0.4, 0.5) is 13.2 Å². The van der Waals surface area contributed by atoms with Gasteiger partial charge in [-0.15, -0.1) is 0 Å². The number of aliphatic hydroxyl groups is 1. The Morgan fingerprint density at radius 3 is 2.48 bits per heavy atom. The summed E-state index contributed by atoms with van der Waals surface area (Å²) in [4.78, 5) is 17.5. The van der Waals surface area contributed by atoms with Gasteiger partial charge >= 0.3 is 6.18 Å². The number of rotatable bonds is 9. The Morgan fingerprint density at radius 2 is 1.75 bits per heavy atom. The third-order valence-corrected chi connectivity index (χ3v) is 7.29. The number of amides is 1. The number of hydrogen-bond donors (Lipinski definition) is 1. The topological polar surface area (TPSA) is 80.7 Å². The molecule has 0 saturated carbocycles. The predicted octanol–water partition coefficient (Wildman–Crippen LogP) is 4.28. The highest BCUT2D eigenvalue weighted by Crippen LogP contribution is 2.35. The number of piperazine rings is 1. The zero-order valence-electron chi connectivity index (χ0n) is 22.1. The molecule has 3 aliphatic rings. The smallest absolute Gasteiger partial charge is 0.416 e. The zero-order valence-corrected chi connectivity index (χ0v) is 22.1. The van der Waals surface area contributed by atoms with Crippen molar-refractivity contribution in [3.63, 3.8) is 0 Å². The Labute approximate surface area is 230 Å². The molecule has 0 radical (unpaired) electrons. The molecule has 0 unspecified atom stereocenters. The van der Waals surface area contributed by atoms with Crippen molar-refractivity contribution in [1.29, 1.82) is 0 Å². The van der Waals surface area contributed by atoms with Gasteiger partial charge in [0.25, 0.3) is 5.91 Å². The lowest BCUT2D eigenvalue weighted by Crippen LogP contribution is -2.49. The summed E-state index contributed by atoms with van der Waals surface area (Å²) in [7, 11) is 0. The normalized spacial score (nSPS) is 21.2. The minimum Gasteiger partial charge on any atom is -0.459 e. The van der Waals surface area contributed by atoms with Crippen molar-refractivity contribution in [3.8, 4) is 11.5 Å². The van der Waals surface area contributed by atoms with E-state index in [0.29, 0.717) is 57.6 Å². The predicted molar refractivity (Wildman–Crippen MR) is 138 cm³/mol. The van der Waals surface area contributed by atoms with E-state index >= 15 is 0 Å². The largest absolute Gasteiger partial charge is 0.459 e. The van der Waals surface area contributed by atoms with Crippen molar-refractivity contribution < 1.29 is 42.0 Å². The van der Waals surface area contributed by atoms with Crippen LogP contribution in [0.1, 0.15) is 41.9 Å². The first kappa shape index (κ1) is 28.3. The summed E-state index contributed by atoms with van der Waals surface area (Å²) in [6.45, 7) is 3.71. The average Bonchev–Trinajstić information content (AvgIpc) is 3.43. The van der Waals surface area contributed by atoms with Gasteiger partial charge in [0.05, 0.1) is 12.2 Å². The summed E-state index contributed by atoms with van der Waals surface area (Å²) in [5.74, 6) is 1.02. The lowest BCUT2D eigenvalue weighted by atomic mass is 9.92. The van der Waals surface area contributed by atoms with Crippen LogP contribution in [0.25, 0.3) is 0 Å². The molecule has 3 aliphatic heterocycles. The number of hydrogen-bond acceptors (Lipinski definition) is 7. The zero-order chi connectivity index (χ0) is 28.1. The van der Waals surface area contributed by atoms with Crippen LogP contribution in [0.5, 0.6) is 11.5 Å². The van der Waals surface area contributed by atoms with Gasteiger partial charge in [-0.25, -0.2) is 0 Å². The number of unbranched alkanes of at least 4 members (excludes halogenated alkanes) is 1. The van der Waals surface area contributed by atoms with E-state index in [1.165, 1.54) is 12.1 Å². The number of carbonyl (C=O) groups is 1. The summed E-state index contributed by atoms with van der Waals surface area (Å²) in [5, 5.41) is 9.03. The van der Waals surface area contributed by atoms with Gasteiger partial charge in [0.2, 0.25) is 13.1 Å². The van der Waals surface area contributed by atoms with Crippen LogP contribution in [-0.2, 0) is 27.0 Å². The summed E-state index contributed by atoms with van der Waals surface area (Å²) in [6.07, 6.45) is -1.88. The van der Waals surface area contributed by atoms with Gasteiger partial charge in [-0.2, -0.15) is 13.2 Å². The molecule has 0 spiro atoms. The molecule has 2 aromatic rings. The van der Waals surface area contributed by atoms with E-state index in [2.05, 4.69) is 4.90 Å². The van der Waals surface area contributed by atoms with E-state index in [1.54, 1.807) is 11.0 Å². The lowest BCUT2D eigenvalue weighted by molar-refractivity contribution is -0.154. The number of alkyl halides is 3. The Balaban J connectivity index is 1.23. The molecule has 11 heteroatoms. The molecule has 1 fully saturated rings. The van der Waals surface area contributed by atoms with Gasteiger partial charge in [0.1, 0.15) is 0 Å². The Hall–Kier alpha value is -3.28. The first-order chi connectivity index (χ1) is 19.3.